The van der Waals surface area contributed by atoms with Gasteiger partial charge in [0.15, 0.2) is 5.15 Å². The minimum atomic E-state index is 0.385. The first-order valence-electron chi connectivity index (χ1n) is 4.00. The zero-order valence-corrected chi connectivity index (χ0v) is 7.97. The lowest BCUT2D eigenvalue weighted by atomic mass is 10.1. The van der Waals surface area contributed by atoms with E-state index in [4.69, 9.17) is 17.3 Å². The van der Waals surface area contributed by atoms with Gasteiger partial charge in [-0.15, -0.1) is 0 Å². The summed E-state index contributed by atoms with van der Waals surface area (Å²) in [5.41, 5.74) is 8.21. The fraction of sp³-hybridized carbons (Fsp3) is 0.100. The molecule has 0 aliphatic carbocycles. The summed E-state index contributed by atoms with van der Waals surface area (Å²) >= 11 is 5.86. The topological polar surface area (TPSA) is 38.9 Å². The molecule has 0 unspecified atom stereocenters. The highest BCUT2D eigenvalue weighted by Gasteiger charge is 2.05. The minimum Gasteiger partial charge on any atom is -0.396 e. The third-order valence-corrected chi connectivity index (χ3v) is 2.44. The number of aromatic nitrogens is 1. The predicted octanol–water partition coefficient (Wildman–Crippen LogP) is 2.78. The van der Waals surface area contributed by atoms with Crippen molar-refractivity contribution in [1.29, 1.82) is 0 Å². The van der Waals surface area contributed by atoms with Crippen LogP contribution in [0.1, 0.15) is 5.56 Å². The first-order chi connectivity index (χ1) is 6.20. The molecule has 2 aromatic rings. The molecular formula is C10H9ClN2. The summed E-state index contributed by atoms with van der Waals surface area (Å²) in [7, 11) is 0. The third-order valence-electron chi connectivity index (χ3n) is 2.15. The van der Waals surface area contributed by atoms with Crippen molar-refractivity contribution in [3.8, 4) is 0 Å². The summed E-state index contributed by atoms with van der Waals surface area (Å²) in [6.07, 6.45) is 0. The van der Waals surface area contributed by atoms with Gasteiger partial charge < -0.3 is 5.73 Å². The second kappa shape index (κ2) is 2.89. The first-order valence-corrected chi connectivity index (χ1v) is 4.38. The summed E-state index contributed by atoms with van der Waals surface area (Å²) in [6, 6.07) is 7.81. The molecule has 1 heterocycles. The van der Waals surface area contributed by atoms with Crippen LogP contribution in [0, 0.1) is 6.92 Å². The van der Waals surface area contributed by atoms with Crippen molar-refractivity contribution in [2.75, 3.05) is 5.73 Å². The second-order valence-corrected chi connectivity index (χ2v) is 3.32. The Bertz CT molecular complexity index is 466. The van der Waals surface area contributed by atoms with Gasteiger partial charge in [-0.3, -0.25) is 0 Å². The number of para-hydroxylation sites is 1. The van der Waals surface area contributed by atoms with Crippen LogP contribution in [0.5, 0.6) is 0 Å². The second-order valence-electron chi connectivity index (χ2n) is 2.96. The monoisotopic (exact) mass is 192 g/mol. The van der Waals surface area contributed by atoms with Gasteiger partial charge >= 0.3 is 0 Å². The fourth-order valence-corrected chi connectivity index (χ4v) is 1.59. The van der Waals surface area contributed by atoms with E-state index < -0.39 is 0 Å². The van der Waals surface area contributed by atoms with E-state index in [-0.39, 0.29) is 0 Å². The highest BCUT2D eigenvalue weighted by molar-refractivity contribution is 6.32. The van der Waals surface area contributed by atoms with Crippen LogP contribution in [0.25, 0.3) is 10.9 Å². The van der Waals surface area contributed by atoms with Crippen LogP contribution in [0.15, 0.2) is 24.3 Å². The van der Waals surface area contributed by atoms with Gasteiger partial charge in [-0.05, 0) is 18.6 Å². The molecule has 3 heteroatoms. The minimum absolute atomic E-state index is 0.385. The highest BCUT2D eigenvalue weighted by Crippen LogP contribution is 2.27. The maximum absolute atomic E-state index is 5.86. The average Bonchev–Trinajstić information content (AvgIpc) is 2.15. The largest absolute Gasteiger partial charge is 0.396 e. The number of hydrogen-bond acceptors (Lipinski definition) is 2. The van der Waals surface area contributed by atoms with Crippen molar-refractivity contribution in [1.82, 2.24) is 4.98 Å². The van der Waals surface area contributed by atoms with E-state index in [1.54, 1.807) is 0 Å². The van der Waals surface area contributed by atoms with Crippen molar-refractivity contribution in [3.05, 3.63) is 35.0 Å². The molecule has 0 atom stereocenters. The Balaban J connectivity index is 2.94. The lowest BCUT2D eigenvalue weighted by molar-refractivity contribution is 1.37. The van der Waals surface area contributed by atoms with E-state index in [1.165, 1.54) is 0 Å². The molecule has 66 valence electrons. The number of benzene rings is 1. The van der Waals surface area contributed by atoms with Gasteiger partial charge in [0.1, 0.15) is 0 Å². The Kier molecular flexibility index (Phi) is 1.85. The number of aryl methyl sites for hydroxylation is 1. The van der Waals surface area contributed by atoms with Gasteiger partial charge in [-0.25, -0.2) is 4.98 Å². The van der Waals surface area contributed by atoms with E-state index in [1.807, 2.05) is 31.2 Å². The van der Waals surface area contributed by atoms with E-state index in [0.717, 1.165) is 16.5 Å². The van der Waals surface area contributed by atoms with E-state index >= 15 is 0 Å². The maximum atomic E-state index is 5.86. The number of rotatable bonds is 0. The van der Waals surface area contributed by atoms with Crippen LogP contribution in [-0.4, -0.2) is 4.98 Å². The van der Waals surface area contributed by atoms with Crippen molar-refractivity contribution in [2.24, 2.45) is 0 Å². The lowest BCUT2D eigenvalue weighted by Crippen LogP contribution is -1.94. The molecule has 0 saturated carbocycles. The molecule has 2 rings (SSSR count). The molecule has 0 saturated heterocycles. The number of nitrogens with zero attached hydrogens (tertiary/aromatic N) is 1. The summed E-state index contributed by atoms with van der Waals surface area (Å²) in [4.78, 5) is 4.18. The quantitative estimate of drug-likeness (QED) is 0.652. The van der Waals surface area contributed by atoms with Crippen LogP contribution < -0.4 is 5.73 Å². The Morgan fingerprint density at radius 2 is 2.00 bits per heavy atom. The van der Waals surface area contributed by atoms with Crippen LogP contribution in [0.2, 0.25) is 5.15 Å². The summed E-state index contributed by atoms with van der Waals surface area (Å²) < 4.78 is 0. The number of nitrogen functional groups attached to an aromatic ring is 1. The van der Waals surface area contributed by atoms with Gasteiger partial charge in [0.05, 0.1) is 11.2 Å². The maximum Gasteiger partial charge on any atom is 0.152 e. The predicted molar refractivity (Wildman–Crippen MR) is 55.9 cm³/mol. The number of anilines is 1. The molecule has 0 bridgehead atoms. The van der Waals surface area contributed by atoms with Crippen LogP contribution >= 0.6 is 11.6 Å². The van der Waals surface area contributed by atoms with Gasteiger partial charge in [-0.1, -0.05) is 29.8 Å². The molecule has 2 N–H and O–H groups in total. The Morgan fingerprint density at radius 1 is 1.31 bits per heavy atom. The molecule has 1 aromatic carbocycles. The normalized spacial score (nSPS) is 10.6. The number of nitrogens with two attached hydrogens (primary N) is 1. The number of hydrogen-bond donors (Lipinski definition) is 1. The Hall–Kier alpha value is -1.28. The number of fused-ring (bicyclic) bond motifs is 1. The lowest BCUT2D eigenvalue weighted by Gasteiger charge is -2.05. The SMILES string of the molecule is Cc1c(N)c(Cl)nc2ccccc12. The van der Waals surface area contributed by atoms with Gasteiger partial charge in [0.25, 0.3) is 0 Å². The highest BCUT2D eigenvalue weighted by atomic mass is 35.5. The van der Waals surface area contributed by atoms with Crippen molar-refractivity contribution in [3.63, 3.8) is 0 Å². The molecular weight excluding hydrogens is 184 g/mol. The molecule has 2 nitrogen and oxygen atoms in total. The van der Waals surface area contributed by atoms with Crippen LogP contribution in [-0.2, 0) is 0 Å². The molecule has 0 fully saturated rings. The van der Waals surface area contributed by atoms with E-state index in [2.05, 4.69) is 4.98 Å². The standard InChI is InChI=1S/C10H9ClN2/c1-6-7-4-2-3-5-8(7)13-10(11)9(6)12/h2-5H,12H2,1H3. The number of pyridine rings is 1. The van der Waals surface area contributed by atoms with Crippen molar-refractivity contribution < 1.29 is 0 Å². The smallest absolute Gasteiger partial charge is 0.152 e. The van der Waals surface area contributed by atoms with Crippen molar-refractivity contribution in [2.45, 2.75) is 6.92 Å². The molecule has 1 aromatic heterocycles. The molecule has 13 heavy (non-hydrogen) atoms. The molecule has 0 amide bonds. The molecule has 0 aliphatic rings. The Labute approximate surface area is 81.3 Å². The van der Waals surface area contributed by atoms with Gasteiger partial charge in [0.2, 0.25) is 0 Å². The fourth-order valence-electron chi connectivity index (χ4n) is 1.35. The molecule has 0 aliphatic heterocycles. The third kappa shape index (κ3) is 1.23. The van der Waals surface area contributed by atoms with Gasteiger partial charge in [0, 0.05) is 5.39 Å². The van der Waals surface area contributed by atoms with Crippen molar-refractivity contribution >= 4 is 28.2 Å². The van der Waals surface area contributed by atoms with E-state index in [9.17, 15) is 0 Å². The zero-order chi connectivity index (χ0) is 9.42. The van der Waals surface area contributed by atoms with E-state index in [0.29, 0.717) is 10.8 Å². The van der Waals surface area contributed by atoms with Crippen LogP contribution in [0.4, 0.5) is 5.69 Å². The summed E-state index contributed by atoms with van der Waals surface area (Å²) in [6.45, 7) is 1.95. The Morgan fingerprint density at radius 3 is 2.77 bits per heavy atom. The summed E-state index contributed by atoms with van der Waals surface area (Å²) in [5, 5.41) is 1.45. The van der Waals surface area contributed by atoms with Crippen LogP contribution in [0.3, 0.4) is 0 Å². The first kappa shape index (κ1) is 8.32. The zero-order valence-electron chi connectivity index (χ0n) is 7.21. The van der Waals surface area contributed by atoms with Gasteiger partial charge in [-0.2, -0.15) is 0 Å². The number of halogens is 1. The molecule has 0 spiro atoms. The summed E-state index contributed by atoms with van der Waals surface area (Å²) in [5.74, 6) is 0. The average molecular weight is 193 g/mol. The molecule has 0 radical (unpaired) electrons.